The maximum absolute atomic E-state index is 11.4. The number of aromatic carboxylic acids is 1. The minimum Gasteiger partial charge on any atom is -0.477 e. The van der Waals surface area contributed by atoms with Gasteiger partial charge in [-0.2, -0.15) is 0 Å². The van der Waals surface area contributed by atoms with Crippen LogP contribution in [-0.4, -0.2) is 45.0 Å². The number of carboxylic acid groups (broad SMARTS) is 1. The van der Waals surface area contributed by atoms with E-state index in [2.05, 4.69) is 16.9 Å². The highest BCUT2D eigenvalue weighted by Gasteiger charge is 2.22. The number of likely N-dealkylation sites (tertiary alicyclic amines) is 1. The van der Waals surface area contributed by atoms with Gasteiger partial charge in [0.1, 0.15) is 11.5 Å². The van der Waals surface area contributed by atoms with Crippen LogP contribution < -0.4 is 0 Å². The summed E-state index contributed by atoms with van der Waals surface area (Å²) in [6.07, 6.45) is 6.19. The average molecular weight is 273 g/mol. The molecule has 0 aliphatic carbocycles. The maximum Gasteiger partial charge on any atom is 0.352 e. The Morgan fingerprint density at radius 2 is 2.30 bits per heavy atom. The molecule has 0 aromatic carbocycles. The smallest absolute Gasteiger partial charge is 0.352 e. The van der Waals surface area contributed by atoms with Crippen molar-refractivity contribution in [3.05, 3.63) is 35.9 Å². The molecular formula is C15H19N3O2. The second-order valence-electron chi connectivity index (χ2n) is 5.49. The summed E-state index contributed by atoms with van der Waals surface area (Å²) in [7, 11) is 2.14. The van der Waals surface area contributed by atoms with E-state index in [9.17, 15) is 9.90 Å². The number of fused-ring (bicyclic) bond motifs is 1. The van der Waals surface area contributed by atoms with Crippen molar-refractivity contribution in [3.8, 4) is 0 Å². The lowest BCUT2D eigenvalue weighted by Crippen LogP contribution is -2.38. The number of rotatable bonds is 3. The molecule has 106 valence electrons. The number of piperidine rings is 1. The molecule has 3 rings (SSSR count). The molecule has 0 bridgehead atoms. The maximum atomic E-state index is 11.4. The Morgan fingerprint density at radius 1 is 1.45 bits per heavy atom. The van der Waals surface area contributed by atoms with Gasteiger partial charge in [-0.05, 0) is 38.6 Å². The third kappa shape index (κ3) is 2.29. The summed E-state index contributed by atoms with van der Waals surface area (Å²) in [4.78, 5) is 18.2. The number of pyridine rings is 1. The number of hydrogen-bond acceptors (Lipinski definition) is 3. The van der Waals surface area contributed by atoms with Crippen molar-refractivity contribution in [3.63, 3.8) is 0 Å². The first-order chi connectivity index (χ1) is 9.66. The number of likely N-dealkylation sites (N-methyl/N-ethyl adjacent to an activating group) is 1. The zero-order chi connectivity index (χ0) is 14.1. The third-order valence-electron chi connectivity index (χ3n) is 4.18. The molecule has 1 fully saturated rings. The van der Waals surface area contributed by atoms with E-state index in [4.69, 9.17) is 0 Å². The van der Waals surface area contributed by atoms with Crippen molar-refractivity contribution in [2.75, 3.05) is 13.6 Å². The molecule has 2 aromatic heterocycles. The zero-order valence-corrected chi connectivity index (χ0v) is 11.6. The lowest BCUT2D eigenvalue weighted by atomic mass is 10.00. The predicted molar refractivity (Wildman–Crippen MR) is 76.1 cm³/mol. The molecule has 1 unspecified atom stereocenters. The molecule has 0 spiro atoms. The molecule has 2 aromatic rings. The molecule has 1 aliphatic heterocycles. The van der Waals surface area contributed by atoms with Crippen LogP contribution in [0.5, 0.6) is 0 Å². The largest absolute Gasteiger partial charge is 0.477 e. The SMILES string of the molecule is CN1CCCCC1Cc1ncc2cccc(C(=O)O)n12. The summed E-state index contributed by atoms with van der Waals surface area (Å²) in [5, 5.41) is 9.32. The highest BCUT2D eigenvalue weighted by Crippen LogP contribution is 2.20. The second-order valence-corrected chi connectivity index (χ2v) is 5.49. The normalized spacial score (nSPS) is 20.4. The summed E-state index contributed by atoms with van der Waals surface area (Å²) in [6, 6.07) is 5.74. The van der Waals surface area contributed by atoms with Gasteiger partial charge < -0.3 is 10.0 Å². The summed E-state index contributed by atoms with van der Waals surface area (Å²) in [5.74, 6) is -0.0661. The Bertz CT molecular complexity index is 635. The van der Waals surface area contributed by atoms with E-state index >= 15 is 0 Å². The Morgan fingerprint density at radius 3 is 3.05 bits per heavy atom. The third-order valence-corrected chi connectivity index (χ3v) is 4.18. The van der Waals surface area contributed by atoms with Gasteiger partial charge in [0.25, 0.3) is 0 Å². The quantitative estimate of drug-likeness (QED) is 0.930. The van der Waals surface area contributed by atoms with Gasteiger partial charge in [-0.1, -0.05) is 12.5 Å². The van der Waals surface area contributed by atoms with Crippen LogP contribution in [0.1, 0.15) is 35.6 Å². The van der Waals surface area contributed by atoms with Crippen LogP contribution in [0, 0.1) is 0 Å². The molecule has 3 heterocycles. The summed E-state index contributed by atoms with van der Waals surface area (Å²) >= 11 is 0. The van der Waals surface area contributed by atoms with Crippen LogP contribution in [0.2, 0.25) is 0 Å². The van der Waals surface area contributed by atoms with Crippen LogP contribution >= 0.6 is 0 Å². The van der Waals surface area contributed by atoms with Crippen LogP contribution in [0.4, 0.5) is 0 Å². The molecule has 0 amide bonds. The van der Waals surface area contributed by atoms with Gasteiger partial charge in [0, 0.05) is 12.5 Å². The van der Waals surface area contributed by atoms with Gasteiger partial charge in [-0.3, -0.25) is 4.40 Å². The topological polar surface area (TPSA) is 57.8 Å². The molecular weight excluding hydrogens is 254 g/mol. The van der Waals surface area contributed by atoms with Crippen molar-refractivity contribution in [1.82, 2.24) is 14.3 Å². The van der Waals surface area contributed by atoms with Gasteiger partial charge in [0.15, 0.2) is 0 Å². The Hall–Kier alpha value is -1.88. The van der Waals surface area contributed by atoms with Crippen LogP contribution in [0.15, 0.2) is 24.4 Å². The summed E-state index contributed by atoms with van der Waals surface area (Å²) in [5.41, 5.74) is 1.13. The molecule has 5 nitrogen and oxygen atoms in total. The van der Waals surface area contributed by atoms with Gasteiger partial charge in [0.05, 0.1) is 11.7 Å². The molecule has 1 N–H and O–H groups in total. The lowest BCUT2D eigenvalue weighted by Gasteiger charge is -2.32. The molecule has 1 saturated heterocycles. The highest BCUT2D eigenvalue weighted by molar-refractivity contribution is 5.86. The minimum absolute atomic E-state index is 0.286. The fourth-order valence-corrected chi connectivity index (χ4v) is 3.04. The number of carboxylic acids is 1. The van der Waals surface area contributed by atoms with Gasteiger partial charge >= 0.3 is 5.97 Å². The van der Waals surface area contributed by atoms with Crippen molar-refractivity contribution >= 4 is 11.5 Å². The number of nitrogens with zero attached hydrogens (tertiary/aromatic N) is 3. The van der Waals surface area contributed by atoms with Gasteiger partial charge in [0.2, 0.25) is 0 Å². The summed E-state index contributed by atoms with van der Waals surface area (Å²) < 4.78 is 1.77. The van der Waals surface area contributed by atoms with E-state index in [1.165, 1.54) is 12.8 Å². The Balaban J connectivity index is 1.97. The van der Waals surface area contributed by atoms with E-state index in [1.807, 2.05) is 6.07 Å². The number of hydrogen-bond donors (Lipinski definition) is 1. The van der Waals surface area contributed by atoms with Crippen LogP contribution in [0.3, 0.4) is 0 Å². The fourth-order valence-electron chi connectivity index (χ4n) is 3.04. The van der Waals surface area contributed by atoms with E-state index < -0.39 is 5.97 Å². The predicted octanol–water partition coefficient (Wildman–Crippen LogP) is 2.06. The number of aromatic nitrogens is 2. The number of imidazole rings is 1. The molecule has 1 atom stereocenters. The molecule has 20 heavy (non-hydrogen) atoms. The molecule has 5 heteroatoms. The lowest BCUT2D eigenvalue weighted by molar-refractivity contribution is 0.0688. The molecule has 0 saturated carbocycles. The first kappa shape index (κ1) is 13.1. The van der Waals surface area contributed by atoms with Crippen molar-refractivity contribution in [1.29, 1.82) is 0 Å². The monoisotopic (exact) mass is 273 g/mol. The van der Waals surface area contributed by atoms with Crippen molar-refractivity contribution in [2.45, 2.75) is 31.7 Å². The van der Waals surface area contributed by atoms with E-state index in [0.29, 0.717) is 6.04 Å². The Labute approximate surface area is 117 Å². The van der Waals surface area contributed by atoms with Crippen LogP contribution in [0.25, 0.3) is 5.52 Å². The molecule has 0 radical (unpaired) electrons. The van der Waals surface area contributed by atoms with Crippen molar-refractivity contribution < 1.29 is 9.90 Å². The number of carbonyl (C=O) groups is 1. The van der Waals surface area contributed by atoms with E-state index in [1.54, 1.807) is 22.7 Å². The van der Waals surface area contributed by atoms with Crippen LogP contribution in [-0.2, 0) is 6.42 Å². The van der Waals surface area contributed by atoms with Gasteiger partial charge in [-0.25, -0.2) is 9.78 Å². The van der Waals surface area contributed by atoms with Gasteiger partial charge in [-0.15, -0.1) is 0 Å². The van der Waals surface area contributed by atoms with E-state index in [0.717, 1.165) is 30.7 Å². The second kappa shape index (κ2) is 5.25. The zero-order valence-electron chi connectivity index (χ0n) is 11.6. The first-order valence-electron chi connectivity index (χ1n) is 7.05. The highest BCUT2D eigenvalue weighted by atomic mass is 16.4. The summed E-state index contributed by atoms with van der Waals surface area (Å²) in [6.45, 7) is 1.11. The first-order valence-corrected chi connectivity index (χ1v) is 7.05. The fraction of sp³-hybridized carbons (Fsp3) is 0.467. The Kier molecular flexibility index (Phi) is 3.44. The van der Waals surface area contributed by atoms with E-state index in [-0.39, 0.29) is 5.69 Å². The molecule has 1 aliphatic rings. The minimum atomic E-state index is -0.910. The standard InChI is InChI=1S/C15H19N3O2/c1-17-8-3-2-5-11(17)9-14-16-10-12-6-4-7-13(15(19)20)18(12)14/h4,6-7,10-11H,2-3,5,8-9H2,1H3,(H,19,20). The van der Waals surface area contributed by atoms with Crippen molar-refractivity contribution in [2.24, 2.45) is 0 Å². The average Bonchev–Trinajstić information content (AvgIpc) is 2.84.